The van der Waals surface area contributed by atoms with Crippen LogP contribution in [0.2, 0.25) is 0 Å². The molecule has 4 rings (SSSR count). The molecule has 0 atom stereocenters. The molecule has 1 aromatic heterocycles. The lowest BCUT2D eigenvalue weighted by atomic mass is 10.1. The summed E-state index contributed by atoms with van der Waals surface area (Å²) in [4.78, 5) is 26.2. The van der Waals surface area contributed by atoms with Crippen molar-refractivity contribution in [2.24, 2.45) is 0 Å². The van der Waals surface area contributed by atoms with Crippen LogP contribution in [0.25, 0.3) is 0 Å². The number of benzene rings is 2. The lowest BCUT2D eigenvalue weighted by molar-refractivity contribution is 0.0926. The van der Waals surface area contributed by atoms with Crippen LogP contribution in [0.4, 0.5) is 5.69 Å². The van der Waals surface area contributed by atoms with Gasteiger partial charge in [0.05, 0.1) is 29.1 Å². The molecule has 2 heterocycles. The fourth-order valence-corrected chi connectivity index (χ4v) is 2.96. The van der Waals surface area contributed by atoms with Crippen LogP contribution in [0.3, 0.4) is 0 Å². The van der Waals surface area contributed by atoms with Crippen LogP contribution in [-0.4, -0.2) is 28.2 Å². The lowest BCUT2D eigenvalue weighted by Gasteiger charge is -2.14. The number of hydrogen-bond acceptors (Lipinski definition) is 4. The molecule has 0 saturated carbocycles. The maximum Gasteiger partial charge on any atom is 0.266 e. The molecule has 0 spiro atoms. The maximum atomic E-state index is 12.5. The zero-order chi connectivity index (χ0) is 18.1. The minimum Gasteiger partial charge on any atom is -0.492 e. The van der Waals surface area contributed by atoms with E-state index in [0.717, 1.165) is 5.69 Å². The Morgan fingerprint density at radius 3 is 2.15 bits per heavy atom. The molecule has 2 aromatic carbocycles. The second kappa shape index (κ2) is 6.48. The standard InChI is InChI=1S/C20H17N3O3/c1-14-10-11-22(21-14)12-13-26-16-8-6-15(7-9-16)23-19(24)17-4-2-3-5-18(17)20(23)25/h2-11H,12-13H2,1H3. The smallest absolute Gasteiger partial charge is 0.266 e. The quantitative estimate of drug-likeness (QED) is 0.666. The van der Waals surface area contributed by atoms with E-state index in [1.807, 2.05) is 23.9 Å². The molecule has 0 fully saturated rings. The number of carbonyl (C=O) groups excluding carboxylic acids is 2. The molecule has 26 heavy (non-hydrogen) atoms. The Labute approximate surface area is 150 Å². The third-order valence-corrected chi connectivity index (χ3v) is 4.25. The van der Waals surface area contributed by atoms with Gasteiger partial charge in [0.15, 0.2) is 0 Å². The fraction of sp³-hybridized carbons (Fsp3) is 0.150. The summed E-state index contributed by atoms with van der Waals surface area (Å²) in [5, 5.41) is 4.30. The van der Waals surface area contributed by atoms with Gasteiger partial charge in [0.25, 0.3) is 11.8 Å². The van der Waals surface area contributed by atoms with Crippen molar-refractivity contribution in [1.29, 1.82) is 0 Å². The second-order valence-corrected chi connectivity index (χ2v) is 6.05. The Kier molecular flexibility index (Phi) is 4.01. The van der Waals surface area contributed by atoms with E-state index in [-0.39, 0.29) is 11.8 Å². The van der Waals surface area contributed by atoms with E-state index in [2.05, 4.69) is 5.10 Å². The molecule has 2 amide bonds. The van der Waals surface area contributed by atoms with Gasteiger partial charge in [-0.1, -0.05) is 12.1 Å². The first-order valence-corrected chi connectivity index (χ1v) is 8.34. The normalized spacial score (nSPS) is 13.2. The van der Waals surface area contributed by atoms with Gasteiger partial charge in [0, 0.05) is 6.20 Å². The van der Waals surface area contributed by atoms with Crippen LogP contribution in [0.5, 0.6) is 5.75 Å². The number of imide groups is 1. The van der Waals surface area contributed by atoms with E-state index < -0.39 is 0 Å². The average Bonchev–Trinajstić information content (AvgIpc) is 3.18. The number of rotatable bonds is 5. The summed E-state index contributed by atoms with van der Waals surface area (Å²) in [6, 6.07) is 15.7. The number of hydrogen-bond donors (Lipinski definition) is 0. The highest BCUT2D eigenvalue weighted by molar-refractivity contribution is 6.34. The van der Waals surface area contributed by atoms with Crippen molar-refractivity contribution in [1.82, 2.24) is 9.78 Å². The number of carbonyl (C=O) groups is 2. The molecule has 6 nitrogen and oxygen atoms in total. The summed E-state index contributed by atoms with van der Waals surface area (Å²) in [6.07, 6.45) is 1.91. The third-order valence-electron chi connectivity index (χ3n) is 4.25. The van der Waals surface area contributed by atoms with Crippen LogP contribution in [-0.2, 0) is 6.54 Å². The number of ether oxygens (including phenoxy) is 1. The van der Waals surface area contributed by atoms with Gasteiger partial charge in [-0.25, -0.2) is 4.90 Å². The van der Waals surface area contributed by atoms with Crippen LogP contribution < -0.4 is 9.64 Å². The predicted octanol–water partition coefficient (Wildman–Crippen LogP) is 3.07. The van der Waals surface area contributed by atoms with Gasteiger partial charge in [-0.05, 0) is 49.4 Å². The van der Waals surface area contributed by atoms with E-state index in [1.165, 1.54) is 4.90 Å². The molecule has 6 heteroatoms. The zero-order valence-electron chi connectivity index (χ0n) is 14.3. The lowest BCUT2D eigenvalue weighted by Crippen LogP contribution is -2.29. The summed E-state index contributed by atoms with van der Waals surface area (Å²) in [6.45, 7) is 3.07. The van der Waals surface area contributed by atoms with Crippen molar-refractivity contribution in [2.45, 2.75) is 13.5 Å². The topological polar surface area (TPSA) is 64.4 Å². The fourth-order valence-electron chi connectivity index (χ4n) is 2.96. The van der Waals surface area contributed by atoms with Crippen molar-refractivity contribution < 1.29 is 14.3 Å². The molecule has 0 radical (unpaired) electrons. The van der Waals surface area contributed by atoms with Crippen molar-refractivity contribution in [3.05, 3.63) is 77.6 Å². The van der Waals surface area contributed by atoms with Crippen molar-refractivity contribution in [3.63, 3.8) is 0 Å². The first-order chi connectivity index (χ1) is 12.6. The minimum atomic E-state index is -0.298. The van der Waals surface area contributed by atoms with Gasteiger partial charge in [-0.2, -0.15) is 5.10 Å². The maximum absolute atomic E-state index is 12.5. The summed E-state index contributed by atoms with van der Waals surface area (Å²) in [7, 11) is 0. The molecule has 3 aromatic rings. The summed E-state index contributed by atoms with van der Waals surface area (Å²) in [5.74, 6) is 0.0795. The number of fused-ring (bicyclic) bond motifs is 1. The van der Waals surface area contributed by atoms with Crippen LogP contribution in [0.15, 0.2) is 60.8 Å². The van der Waals surface area contributed by atoms with Crippen LogP contribution in [0.1, 0.15) is 26.4 Å². The van der Waals surface area contributed by atoms with Crippen molar-refractivity contribution in [3.8, 4) is 5.75 Å². The molecule has 1 aliphatic rings. The molecule has 1 aliphatic heterocycles. The molecule has 0 N–H and O–H groups in total. The molecular weight excluding hydrogens is 330 g/mol. The monoisotopic (exact) mass is 347 g/mol. The summed E-state index contributed by atoms with van der Waals surface area (Å²) >= 11 is 0. The Balaban J connectivity index is 1.43. The van der Waals surface area contributed by atoms with Crippen molar-refractivity contribution in [2.75, 3.05) is 11.5 Å². The van der Waals surface area contributed by atoms with Crippen LogP contribution >= 0.6 is 0 Å². The third kappa shape index (κ3) is 2.86. The van der Waals surface area contributed by atoms with E-state index in [9.17, 15) is 9.59 Å². The molecule has 0 unspecified atom stereocenters. The Bertz CT molecular complexity index is 941. The van der Waals surface area contributed by atoms with Crippen LogP contribution in [0, 0.1) is 6.92 Å². The van der Waals surface area contributed by atoms with Gasteiger partial charge >= 0.3 is 0 Å². The molecule has 0 bridgehead atoms. The van der Waals surface area contributed by atoms with Gasteiger partial charge in [-0.3, -0.25) is 14.3 Å². The second-order valence-electron chi connectivity index (χ2n) is 6.05. The summed E-state index contributed by atoms with van der Waals surface area (Å²) < 4.78 is 7.53. The Morgan fingerprint density at radius 1 is 0.923 bits per heavy atom. The van der Waals surface area contributed by atoms with Gasteiger partial charge in [-0.15, -0.1) is 0 Å². The van der Waals surface area contributed by atoms with E-state index in [4.69, 9.17) is 4.74 Å². The average molecular weight is 347 g/mol. The molecular formula is C20H17N3O3. The van der Waals surface area contributed by atoms with E-state index >= 15 is 0 Å². The highest BCUT2D eigenvalue weighted by atomic mass is 16.5. The number of nitrogens with zero attached hydrogens (tertiary/aromatic N) is 3. The molecule has 0 saturated heterocycles. The Morgan fingerprint density at radius 2 is 1.58 bits per heavy atom. The Hall–Kier alpha value is -3.41. The molecule has 130 valence electrons. The highest BCUT2D eigenvalue weighted by Crippen LogP contribution is 2.29. The van der Waals surface area contributed by atoms with E-state index in [0.29, 0.717) is 35.7 Å². The SMILES string of the molecule is Cc1ccn(CCOc2ccc(N3C(=O)c4ccccc4C3=O)cc2)n1. The largest absolute Gasteiger partial charge is 0.492 e. The first kappa shape index (κ1) is 16.1. The number of aryl methyl sites for hydroxylation is 1. The summed E-state index contributed by atoms with van der Waals surface area (Å²) in [5.41, 5.74) is 2.38. The highest BCUT2D eigenvalue weighted by Gasteiger charge is 2.36. The number of amides is 2. The van der Waals surface area contributed by atoms with Gasteiger partial charge in [0.1, 0.15) is 12.4 Å². The molecule has 0 aliphatic carbocycles. The van der Waals surface area contributed by atoms with Crippen molar-refractivity contribution >= 4 is 17.5 Å². The predicted molar refractivity (Wildman–Crippen MR) is 96.5 cm³/mol. The van der Waals surface area contributed by atoms with Gasteiger partial charge < -0.3 is 4.74 Å². The van der Waals surface area contributed by atoms with E-state index in [1.54, 1.807) is 48.5 Å². The first-order valence-electron chi connectivity index (χ1n) is 8.34. The van der Waals surface area contributed by atoms with Gasteiger partial charge in [0.2, 0.25) is 0 Å². The minimum absolute atomic E-state index is 0.298. The zero-order valence-corrected chi connectivity index (χ0v) is 14.3. The number of anilines is 1. The number of aromatic nitrogens is 2.